The third kappa shape index (κ3) is 2.17. The van der Waals surface area contributed by atoms with Gasteiger partial charge in [-0.3, -0.25) is 0 Å². The van der Waals surface area contributed by atoms with E-state index >= 15 is 0 Å². The van der Waals surface area contributed by atoms with E-state index in [-0.39, 0.29) is 0 Å². The molecule has 0 aliphatic carbocycles. The molecule has 2 heteroatoms. The van der Waals surface area contributed by atoms with Crippen LogP contribution in [-0.4, -0.2) is 14.6 Å². The lowest BCUT2D eigenvalue weighted by atomic mass is 10.1. The van der Waals surface area contributed by atoms with Crippen molar-refractivity contribution >= 4 is 14.9 Å². The van der Waals surface area contributed by atoms with E-state index in [9.17, 15) is 0 Å². The van der Waals surface area contributed by atoms with Gasteiger partial charge in [0, 0.05) is 0 Å². The largest absolute Gasteiger partial charge is 0.433 e. The van der Waals surface area contributed by atoms with Gasteiger partial charge >= 0.3 is 0 Å². The molecule has 0 saturated heterocycles. The van der Waals surface area contributed by atoms with E-state index < -0.39 is 9.76 Å². The van der Waals surface area contributed by atoms with Crippen LogP contribution in [0.15, 0.2) is 24.3 Å². The van der Waals surface area contributed by atoms with Crippen molar-refractivity contribution in [1.82, 2.24) is 0 Å². The first-order valence-corrected chi connectivity index (χ1v) is 5.40. The maximum atomic E-state index is 9.08. The lowest BCUT2D eigenvalue weighted by molar-refractivity contribution is 0.615. The summed E-state index contributed by atoms with van der Waals surface area (Å²) in [6, 6.07) is 8.19. The first-order chi connectivity index (χ1) is 5.38. The highest BCUT2D eigenvalue weighted by Crippen LogP contribution is 1.98. The molecule has 0 fully saturated rings. The van der Waals surface area contributed by atoms with Gasteiger partial charge in [-0.25, -0.2) is 0 Å². The maximum Gasteiger partial charge on any atom is 0.188 e. The predicted molar refractivity (Wildman–Crippen MR) is 50.8 cm³/mol. The third-order valence-electron chi connectivity index (χ3n) is 1.81. The Labute approximate surface area is 70.0 Å². The van der Waals surface area contributed by atoms with Crippen LogP contribution in [0.4, 0.5) is 0 Å². The standard InChI is InChI=1S/C9H14OSi/c1-2-5-8-6-3-4-7-9(8)11-10/h3-4,6-7,10H,2,5,11H2,1H3. The molecule has 0 bridgehead atoms. The van der Waals surface area contributed by atoms with Crippen LogP contribution in [0.2, 0.25) is 0 Å². The molecule has 1 aromatic carbocycles. The molecule has 0 saturated carbocycles. The summed E-state index contributed by atoms with van der Waals surface area (Å²) in [5.74, 6) is 0. The van der Waals surface area contributed by atoms with Gasteiger partial charge in [-0.1, -0.05) is 37.6 Å². The smallest absolute Gasteiger partial charge is 0.188 e. The predicted octanol–water partition coefficient (Wildman–Crippen LogP) is 0.340. The summed E-state index contributed by atoms with van der Waals surface area (Å²) in [5.41, 5.74) is 1.34. The van der Waals surface area contributed by atoms with Crippen LogP contribution in [0.25, 0.3) is 0 Å². The number of hydrogen-bond donors (Lipinski definition) is 1. The SMILES string of the molecule is CCCc1ccccc1[SiH2]O. The zero-order valence-corrected chi connectivity index (χ0v) is 8.29. The van der Waals surface area contributed by atoms with Gasteiger partial charge in [0.15, 0.2) is 9.76 Å². The van der Waals surface area contributed by atoms with Gasteiger partial charge in [-0.15, -0.1) is 0 Å². The summed E-state index contributed by atoms with van der Waals surface area (Å²) in [5, 5.41) is 1.20. The Kier molecular flexibility index (Phi) is 3.33. The minimum absolute atomic E-state index is 0.958. The summed E-state index contributed by atoms with van der Waals surface area (Å²) < 4.78 is 0. The molecular weight excluding hydrogens is 152 g/mol. The number of hydrogen-bond acceptors (Lipinski definition) is 1. The Bertz CT molecular complexity index is 223. The summed E-state index contributed by atoms with van der Waals surface area (Å²) in [4.78, 5) is 9.08. The first kappa shape index (κ1) is 8.49. The topological polar surface area (TPSA) is 20.2 Å². The Morgan fingerprint density at radius 1 is 1.36 bits per heavy atom. The monoisotopic (exact) mass is 166 g/mol. The van der Waals surface area contributed by atoms with E-state index in [1.54, 1.807) is 0 Å². The third-order valence-corrected chi connectivity index (χ3v) is 2.84. The van der Waals surface area contributed by atoms with E-state index in [2.05, 4.69) is 13.0 Å². The molecule has 0 unspecified atom stereocenters. The summed E-state index contributed by atoms with van der Waals surface area (Å²) in [6.45, 7) is 2.16. The molecule has 0 atom stereocenters. The molecule has 0 amide bonds. The average molecular weight is 166 g/mol. The minimum Gasteiger partial charge on any atom is -0.433 e. The van der Waals surface area contributed by atoms with E-state index in [1.165, 1.54) is 10.8 Å². The Morgan fingerprint density at radius 2 is 2.09 bits per heavy atom. The molecule has 1 rings (SSSR count). The van der Waals surface area contributed by atoms with Crippen molar-refractivity contribution in [3.8, 4) is 0 Å². The fourth-order valence-corrected chi connectivity index (χ4v) is 1.96. The fourth-order valence-electron chi connectivity index (χ4n) is 1.22. The van der Waals surface area contributed by atoms with E-state index in [0.717, 1.165) is 12.8 Å². The second kappa shape index (κ2) is 4.31. The molecule has 0 aromatic heterocycles. The van der Waals surface area contributed by atoms with Crippen LogP contribution < -0.4 is 5.19 Å². The van der Waals surface area contributed by atoms with E-state index in [4.69, 9.17) is 4.80 Å². The second-order valence-corrected chi connectivity index (χ2v) is 3.75. The summed E-state index contributed by atoms with van der Waals surface area (Å²) in [6.07, 6.45) is 2.26. The van der Waals surface area contributed by atoms with Crippen LogP contribution in [0.1, 0.15) is 18.9 Å². The summed E-state index contributed by atoms with van der Waals surface area (Å²) >= 11 is 0. The van der Waals surface area contributed by atoms with E-state index in [1.807, 2.05) is 18.2 Å². The highest BCUT2D eigenvalue weighted by Gasteiger charge is 1.97. The van der Waals surface area contributed by atoms with Gasteiger partial charge in [0.25, 0.3) is 0 Å². The normalized spacial score (nSPS) is 11.1. The maximum absolute atomic E-state index is 9.08. The molecule has 1 nitrogen and oxygen atoms in total. The highest BCUT2D eigenvalue weighted by molar-refractivity contribution is 6.46. The van der Waals surface area contributed by atoms with Gasteiger partial charge in [-0.2, -0.15) is 0 Å². The van der Waals surface area contributed by atoms with Crippen molar-refractivity contribution in [1.29, 1.82) is 0 Å². The molecule has 60 valence electrons. The molecule has 0 aliphatic heterocycles. The molecule has 1 aromatic rings. The number of aryl methyl sites for hydroxylation is 1. The minimum atomic E-state index is -0.958. The van der Waals surface area contributed by atoms with Crippen molar-refractivity contribution in [2.45, 2.75) is 19.8 Å². The quantitative estimate of drug-likeness (QED) is 0.642. The Hall–Kier alpha value is -0.603. The van der Waals surface area contributed by atoms with Crippen molar-refractivity contribution in [3.05, 3.63) is 29.8 Å². The summed E-state index contributed by atoms with van der Waals surface area (Å²) in [7, 11) is -0.958. The average Bonchev–Trinajstić information content (AvgIpc) is 2.06. The lowest BCUT2D eigenvalue weighted by Crippen LogP contribution is -2.18. The van der Waals surface area contributed by atoms with Crippen LogP contribution in [0.3, 0.4) is 0 Å². The number of benzene rings is 1. The van der Waals surface area contributed by atoms with Gasteiger partial charge in [0.05, 0.1) is 0 Å². The van der Waals surface area contributed by atoms with Crippen LogP contribution in [0, 0.1) is 0 Å². The van der Waals surface area contributed by atoms with Crippen LogP contribution >= 0.6 is 0 Å². The Balaban J connectivity index is 2.83. The zero-order chi connectivity index (χ0) is 8.10. The molecule has 0 spiro atoms. The Morgan fingerprint density at radius 3 is 2.73 bits per heavy atom. The molecular formula is C9H14OSi. The molecule has 0 radical (unpaired) electrons. The first-order valence-electron chi connectivity index (χ1n) is 4.06. The van der Waals surface area contributed by atoms with Gasteiger partial charge in [-0.05, 0) is 17.2 Å². The van der Waals surface area contributed by atoms with Crippen molar-refractivity contribution < 1.29 is 4.80 Å². The highest BCUT2D eigenvalue weighted by atomic mass is 28.2. The zero-order valence-electron chi connectivity index (χ0n) is 6.88. The van der Waals surface area contributed by atoms with Gasteiger partial charge < -0.3 is 4.80 Å². The van der Waals surface area contributed by atoms with Crippen LogP contribution in [-0.2, 0) is 6.42 Å². The van der Waals surface area contributed by atoms with Crippen LogP contribution in [0.5, 0.6) is 0 Å². The van der Waals surface area contributed by atoms with E-state index in [0.29, 0.717) is 0 Å². The van der Waals surface area contributed by atoms with Gasteiger partial charge in [0.2, 0.25) is 0 Å². The van der Waals surface area contributed by atoms with Crippen molar-refractivity contribution in [2.24, 2.45) is 0 Å². The second-order valence-electron chi connectivity index (χ2n) is 2.68. The van der Waals surface area contributed by atoms with Crippen molar-refractivity contribution in [2.75, 3.05) is 0 Å². The fraction of sp³-hybridized carbons (Fsp3) is 0.333. The van der Waals surface area contributed by atoms with Crippen molar-refractivity contribution in [3.63, 3.8) is 0 Å². The molecule has 11 heavy (non-hydrogen) atoms. The number of rotatable bonds is 3. The lowest BCUT2D eigenvalue weighted by Gasteiger charge is -2.03. The molecule has 0 heterocycles. The molecule has 1 N–H and O–H groups in total. The van der Waals surface area contributed by atoms with Gasteiger partial charge in [0.1, 0.15) is 0 Å². The molecule has 0 aliphatic rings.